The van der Waals surface area contributed by atoms with Gasteiger partial charge in [0.2, 0.25) is 0 Å². The summed E-state index contributed by atoms with van der Waals surface area (Å²) in [5, 5.41) is 2.57. The number of nitrogens with zero attached hydrogens (tertiary/aromatic N) is 1. The number of rotatable bonds is 5. The molecule has 0 aliphatic rings. The Morgan fingerprint density at radius 1 is 1.07 bits per heavy atom. The highest BCUT2D eigenvalue weighted by Crippen LogP contribution is 2.32. The second-order valence-corrected chi connectivity index (χ2v) is 6.90. The highest BCUT2D eigenvalue weighted by atomic mass is 32.1. The van der Waals surface area contributed by atoms with E-state index in [1.807, 2.05) is 42.6 Å². The molecule has 134 valence electrons. The zero-order chi connectivity index (χ0) is 18.8. The first kappa shape index (κ1) is 17.2. The van der Waals surface area contributed by atoms with Crippen molar-refractivity contribution in [2.24, 2.45) is 0 Å². The number of H-pyrrole nitrogens is 1. The van der Waals surface area contributed by atoms with E-state index in [9.17, 15) is 4.79 Å². The van der Waals surface area contributed by atoms with Gasteiger partial charge in [0, 0.05) is 10.9 Å². The summed E-state index contributed by atoms with van der Waals surface area (Å²) in [7, 11) is 0. The quantitative estimate of drug-likeness (QED) is 0.481. The van der Waals surface area contributed by atoms with Crippen molar-refractivity contribution in [3.8, 4) is 22.3 Å². The molecule has 4 nitrogen and oxygen atoms in total. The molecular weight excluding hydrogens is 356 g/mol. The Hall–Kier alpha value is -3.18. The molecule has 5 heteroatoms. The smallest absolute Gasteiger partial charge is 0.260 e. The van der Waals surface area contributed by atoms with Gasteiger partial charge in [0.15, 0.2) is 11.6 Å². The molecule has 0 saturated carbocycles. The van der Waals surface area contributed by atoms with E-state index in [0.29, 0.717) is 28.4 Å². The van der Waals surface area contributed by atoms with E-state index in [-0.39, 0.29) is 5.56 Å². The van der Waals surface area contributed by atoms with Crippen molar-refractivity contribution in [3.05, 3.63) is 82.7 Å². The lowest BCUT2D eigenvalue weighted by atomic mass is 10.0. The van der Waals surface area contributed by atoms with E-state index in [2.05, 4.69) is 40.8 Å². The van der Waals surface area contributed by atoms with Crippen molar-refractivity contribution in [2.45, 2.75) is 6.92 Å². The molecule has 4 rings (SSSR count). The number of hydrogen-bond acceptors (Lipinski definition) is 4. The number of benzene rings is 2. The van der Waals surface area contributed by atoms with E-state index >= 15 is 0 Å². The van der Waals surface area contributed by atoms with Crippen LogP contribution in [0.1, 0.15) is 12.7 Å². The van der Waals surface area contributed by atoms with Crippen LogP contribution in [-0.4, -0.2) is 16.6 Å². The van der Waals surface area contributed by atoms with Gasteiger partial charge in [-0.1, -0.05) is 61.2 Å². The van der Waals surface area contributed by atoms with Crippen LogP contribution in [0.2, 0.25) is 0 Å². The van der Waals surface area contributed by atoms with Crippen molar-refractivity contribution in [1.29, 1.82) is 0 Å². The molecule has 0 saturated heterocycles. The average Bonchev–Trinajstić information content (AvgIpc) is 3.14. The zero-order valence-electron chi connectivity index (χ0n) is 14.9. The summed E-state index contributed by atoms with van der Waals surface area (Å²) in [6.07, 6.45) is 0. The Morgan fingerprint density at radius 3 is 2.44 bits per heavy atom. The fraction of sp³-hybridized carbons (Fsp3) is 0.0909. The second kappa shape index (κ2) is 7.21. The topological polar surface area (TPSA) is 55.0 Å². The predicted molar refractivity (Wildman–Crippen MR) is 112 cm³/mol. The van der Waals surface area contributed by atoms with Crippen LogP contribution in [-0.2, 0) is 4.74 Å². The van der Waals surface area contributed by atoms with Crippen LogP contribution < -0.4 is 5.56 Å². The third-order valence-corrected chi connectivity index (χ3v) is 5.20. The molecule has 2 heterocycles. The van der Waals surface area contributed by atoms with E-state index in [0.717, 1.165) is 22.3 Å². The van der Waals surface area contributed by atoms with E-state index < -0.39 is 0 Å². The van der Waals surface area contributed by atoms with Crippen LogP contribution >= 0.6 is 11.3 Å². The molecule has 0 amide bonds. The number of ether oxygens (including phenoxy) is 1. The van der Waals surface area contributed by atoms with Crippen LogP contribution in [0.15, 0.2) is 71.4 Å². The monoisotopic (exact) mass is 374 g/mol. The van der Waals surface area contributed by atoms with Gasteiger partial charge in [0.25, 0.3) is 5.56 Å². The first-order valence-corrected chi connectivity index (χ1v) is 9.55. The molecule has 0 unspecified atom stereocenters. The molecule has 0 aliphatic heterocycles. The lowest BCUT2D eigenvalue weighted by Gasteiger charge is -2.06. The van der Waals surface area contributed by atoms with Crippen LogP contribution in [0.3, 0.4) is 0 Å². The summed E-state index contributed by atoms with van der Waals surface area (Å²) in [5.41, 5.74) is 4.00. The molecule has 0 radical (unpaired) electrons. The molecule has 1 N–H and O–H groups in total. The van der Waals surface area contributed by atoms with Gasteiger partial charge >= 0.3 is 0 Å². The molecule has 2 aromatic heterocycles. The highest BCUT2D eigenvalue weighted by Gasteiger charge is 2.14. The number of aromatic nitrogens is 2. The molecule has 2 aromatic carbocycles. The van der Waals surface area contributed by atoms with Gasteiger partial charge in [-0.3, -0.25) is 4.79 Å². The van der Waals surface area contributed by atoms with Gasteiger partial charge < -0.3 is 9.72 Å². The van der Waals surface area contributed by atoms with Crippen molar-refractivity contribution in [2.75, 3.05) is 6.61 Å². The second-order valence-electron chi connectivity index (χ2n) is 6.04. The Labute approximate surface area is 160 Å². The van der Waals surface area contributed by atoms with Crippen LogP contribution in [0.5, 0.6) is 0 Å². The molecule has 0 bridgehead atoms. The normalized spacial score (nSPS) is 10.9. The number of hydrogen-bond donors (Lipinski definition) is 1. The molecule has 0 spiro atoms. The number of thiophene rings is 1. The van der Waals surface area contributed by atoms with Gasteiger partial charge in [-0.05, 0) is 23.6 Å². The molecule has 27 heavy (non-hydrogen) atoms. The molecule has 4 aromatic rings. The highest BCUT2D eigenvalue weighted by molar-refractivity contribution is 7.17. The van der Waals surface area contributed by atoms with Crippen LogP contribution in [0.4, 0.5) is 0 Å². The molecule has 0 fully saturated rings. The molecule has 0 atom stereocenters. The third kappa shape index (κ3) is 3.29. The number of nitrogens with one attached hydrogen (secondary N) is 1. The van der Waals surface area contributed by atoms with Gasteiger partial charge in [-0.15, -0.1) is 11.3 Å². The maximum atomic E-state index is 12.7. The molecule has 0 aliphatic carbocycles. The predicted octanol–water partition coefficient (Wildman–Crippen LogP) is 5.33. The minimum Gasteiger partial charge on any atom is -0.491 e. The standard InChI is InChI=1S/C22H18N2O2S/c1-3-26-14(2)20-23-21(25)19-18(13-27-22(19)24-20)17-11-9-16(10-12-17)15-7-5-4-6-8-15/h4-13H,2-3H2,1H3,(H,23,24,25). The minimum absolute atomic E-state index is 0.181. The molecular formula is C22H18N2O2S. The Balaban J connectivity index is 1.74. The summed E-state index contributed by atoms with van der Waals surface area (Å²) in [6, 6.07) is 18.4. The van der Waals surface area contributed by atoms with E-state index in [1.54, 1.807) is 0 Å². The maximum absolute atomic E-state index is 12.7. The number of aromatic amines is 1. The van der Waals surface area contributed by atoms with Crippen molar-refractivity contribution in [1.82, 2.24) is 9.97 Å². The minimum atomic E-state index is -0.181. The fourth-order valence-electron chi connectivity index (χ4n) is 3.01. The Morgan fingerprint density at radius 2 is 1.74 bits per heavy atom. The van der Waals surface area contributed by atoms with Gasteiger partial charge in [0.05, 0.1) is 12.0 Å². The van der Waals surface area contributed by atoms with Crippen molar-refractivity contribution in [3.63, 3.8) is 0 Å². The summed E-state index contributed by atoms with van der Waals surface area (Å²) in [5.74, 6) is 0.751. The Bertz CT molecular complexity index is 1160. The summed E-state index contributed by atoms with van der Waals surface area (Å²) < 4.78 is 5.36. The average molecular weight is 374 g/mol. The SMILES string of the molecule is C=C(OCC)c1nc2scc(-c3ccc(-c4ccccc4)cc3)c2c(=O)[nH]1. The lowest BCUT2D eigenvalue weighted by molar-refractivity contribution is 0.296. The van der Waals surface area contributed by atoms with E-state index in [4.69, 9.17) is 4.74 Å². The summed E-state index contributed by atoms with van der Waals surface area (Å²) in [6.45, 7) is 6.16. The van der Waals surface area contributed by atoms with Gasteiger partial charge in [0.1, 0.15) is 4.83 Å². The van der Waals surface area contributed by atoms with Crippen LogP contribution in [0, 0.1) is 0 Å². The lowest BCUT2D eigenvalue weighted by Crippen LogP contribution is -2.11. The fourth-order valence-corrected chi connectivity index (χ4v) is 3.96. The Kier molecular flexibility index (Phi) is 4.60. The van der Waals surface area contributed by atoms with Crippen molar-refractivity contribution < 1.29 is 4.74 Å². The first-order chi connectivity index (χ1) is 13.2. The van der Waals surface area contributed by atoms with Gasteiger partial charge in [-0.2, -0.15) is 0 Å². The van der Waals surface area contributed by atoms with Gasteiger partial charge in [-0.25, -0.2) is 4.98 Å². The maximum Gasteiger partial charge on any atom is 0.260 e. The zero-order valence-corrected chi connectivity index (χ0v) is 15.7. The largest absolute Gasteiger partial charge is 0.491 e. The summed E-state index contributed by atoms with van der Waals surface area (Å²) >= 11 is 1.45. The summed E-state index contributed by atoms with van der Waals surface area (Å²) in [4.78, 5) is 20.6. The number of fused-ring (bicyclic) bond motifs is 1. The third-order valence-electron chi connectivity index (χ3n) is 4.33. The van der Waals surface area contributed by atoms with E-state index in [1.165, 1.54) is 11.3 Å². The van der Waals surface area contributed by atoms with Crippen LogP contribution in [0.25, 0.3) is 38.2 Å². The van der Waals surface area contributed by atoms with Crippen molar-refractivity contribution >= 4 is 27.3 Å². The first-order valence-electron chi connectivity index (χ1n) is 8.67.